The van der Waals surface area contributed by atoms with E-state index in [4.69, 9.17) is 4.43 Å². The van der Waals surface area contributed by atoms with Gasteiger partial charge in [0.05, 0.1) is 18.8 Å². The third-order valence-electron chi connectivity index (χ3n) is 8.44. The third kappa shape index (κ3) is 11.6. The van der Waals surface area contributed by atoms with Gasteiger partial charge in [0.1, 0.15) is 6.10 Å². The van der Waals surface area contributed by atoms with Crippen molar-refractivity contribution in [3.8, 4) is 0 Å². The molecule has 2 aromatic rings. The normalized spacial score (nSPS) is 14.4. The molecule has 2 rings (SSSR count). The van der Waals surface area contributed by atoms with Gasteiger partial charge in [-0.2, -0.15) is 0 Å². The van der Waals surface area contributed by atoms with Crippen LogP contribution in [0.15, 0.2) is 60.7 Å². The molecule has 6 heteroatoms. The van der Waals surface area contributed by atoms with Gasteiger partial charge in [0.2, 0.25) is 5.91 Å². The van der Waals surface area contributed by atoms with E-state index >= 15 is 0 Å². The minimum absolute atomic E-state index is 0.115. The summed E-state index contributed by atoms with van der Waals surface area (Å²) in [6, 6.07) is 19.9. The fourth-order valence-corrected chi connectivity index (χ4v) is 10.7. The van der Waals surface area contributed by atoms with E-state index in [0.717, 1.165) is 29.6 Å². The molecule has 236 valence electrons. The molecule has 0 spiro atoms. The number of carbonyl (C=O) groups excluding carboxylic acids is 1. The summed E-state index contributed by atoms with van der Waals surface area (Å²) >= 11 is 0. The quantitative estimate of drug-likeness (QED) is 0.108. The second kappa shape index (κ2) is 19.3. The van der Waals surface area contributed by atoms with Gasteiger partial charge in [-0.15, -0.1) is 0 Å². The van der Waals surface area contributed by atoms with E-state index in [-0.39, 0.29) is 17.6 Å². The van der Waals surface area contributed by atoms with Crippen molar-refractivity contribution in [1.29, 1.82) is 0 Å². The van der Waals surface area contributed by atoms with E-state index in [1.807, 2.05) is 36.4 Å². The first-order chi connectivity index (χ1) is 20.1. The maximum atomic E-state index is 12.2. The van der Waals surface area contributed by atoms with E-state index in [9.17, 15) is 15.0 Å². The van der Waals surface area contributed by atoms with Gasteiger partial charge < -0.3 is 20.0 Å². The van der Waals surface area contributed by atoms with Crippen LogP contribution >= 0.6 is 0 Å². The fourth-order valence-electron chi connectivity index (χ4n) is 6.10. The van der Waals surface area contributed by atoms with Gasteiger partial charge in [-0.25, -0.2) is 0 Å². The number of aliphatic hydroxyl groups excluding tert-OH is 2. The summed E-state index contributed by atoms with van der Waals surface area (Å²) in [7, 11) is -2.85. The zero-order valence-electron chi connectivity index (χ0n) is 27.1. The summed E-state index contributed by atoms with van der Waals surface area (Å²) in [5.74, 6) is -0.248. The van der Waals surface area contributed by atoms with Crippen LogP contribution in [0.5, 0.6) is 0 Å². The molecule has 0 saturated carbocycles. The molecule has 0 unspecified atom stereocenters. The lowest BCUT2D eigenvalue weighted by Crippen LogP contribution is -2.68. The Bertz CT molecular complexity index is 939. The minimum atomic E-state index is -2.85. The molecule has 2 aromatic carbocycles. The number of carbonyl (C=O) groups is 1. The predicted octanol–water partition coefficient (Wildman–Crippen LogP) is 6.88. The van der Waals surface area contributed by atoms with Gasteiger partial charge >= 0.3 is 0 Å². The lowest BCUT2D eigenvalue weighted by molar-refractivity contribution is -0.121. The molecule has 0 aliphatic heterocycles. The van der Waals surface area contributed by atoms with Gasteiger partial charge in [0.15, 0.2) is 0 Å². The molecular formula is C36H59NO4Si. The molecule has 0 heterocycles. The summed E-state index contributed by atoms with van der Waals surface area (Å²) < 4.78 is 6.97. The molecule has 1 amide bonds. The van der Waals surface area contributed by atoms with Crippen LogP contribution in [-0.4, -0.2) is 49.3 Å². The highest BCUT2D eigenvalue weighted by Crippen LogP contribution is 2.37. The maximum absolute atomic E-state index is 12.2. The number of unbranched alkanes of at least 4 members (excludes halogenated alkanes) is 11. The molecular weight excluding hydrogens is 538 g/mol. The van der Waals surface area contributed by atoms with E-state index in [1.54, 1.807) is 0 Å². The summed E-state index contributed by atoms with van der Waals surface area (Å²) in [6.45, 7) is 10.4. The van der Waals surface area contributed by atoms with Crippen molar-refractivity contribution < 1.29 is 19.4 Å². The van der Waals surface area contributed by atoms with Gasteiger partial charge in [0.25, 0.3) is 8.32 Å². The third-order valence-corrected chi connectivity index (χ3v) is 13.4. The first-order valence-electron chi connectivity index (χ1n) is 16.5. The number of rotatable bonds is 21. The summed E-state index contributed by atoms with van der Waals surface area (Å²) in [4.78, 5) is 12.2. The van der Waals surface area contributed by atoms with Crippen molar-refractivity contribution in [2.24, 2.45) is 0 Å². The number of amides is 1. The summed E-state index contributed by atoms with van der Waals surface area (Å²) in [5, 5.41) is 27.1. The smallest absolute Gasteiger partial charge is 0.261 e. The Kier molecular flexibility index (Phi) is 16.7. The summed E-state index contributed by atoms with van der Waals surface area (Å²) in [5.41, 5.74) is 0. The van der Waals surface area contributed by atoms with Crippen LogP contribution in [0.25, 0.3) is 0 Å². The first-order valence-corrected chi connectivity index (χ1v) is 18.4. The van der Waals surface area contributed by atoms with Crippen LogP contribution in [0.1, 0.15) is 118 Å². The highest BCUT2D eigenvalue weighted by atomic mass is 28.4. The number of aliphatic hydroxyl groups is 2. The number of benzene rings is 2. The first kappa shape index (κ1) is 36.2. The Morgan fingerprint density at radius 3 is 1.60 bits per heavy atom. The second-order valence-electron chi connectivity index (χ2n) is 13.0. The zero-order valence-corrected chi connectivity index (χ0v) is 28.1. The topological polar surface area (TPSA) is 78.8 Å². The van der Waals surface area contributed by atoms with Crippen LogP contribution in [0.2, 0.25) is 5.04 Å². The van der Waals surface area contributed by atoms with Crippen molar-refractivity contribution in [1.82, 2.24) is 5.32 Å². The van der Waals surface area contributed by atoms with Crippen molar-refractivity contribution in [3.63, 3.8) is 0 Å². The van der Waals surface area contributed by atoms with E-state index in [2.05, 4.69) is 57.3 Å². The van der Waals surface area contributed by atoms with Crippen LogP contribution in [0, 0.1) is 0 Å². The lowest BCUT2D eigenvalue weighted by Gasteiger charge is -2.44. The molecule has 3 N–H and O–H groups in total. The molecule has 42 heavy (non-hydrogen) atoms. The molecule has 3 atom stereocenters. The van der Waals surface area contributed by atoms with Crippen molar-refractivity contribution >= 4 is 24.6 Å². The Labute approximate surface area is 257 Å². The van der Waals surface area contributed by atoms with Crippen LogP contribution in [0.4, 0.5) is 0 Å². The van der Waals surface area contributed by atoms with E-state index in [0.29, 0.717) is 6.42 Å². The molecule has 0 aliphatic carbocycles. The molecule has 0 bridgehead atoms. The lowest BCUT2D eigenvalue weighted by atomic mass is 9.99. The molecule has 5 nitrogen and oxygen atoms in total. The zero-order chi connectivity index (χ0) is 30.8. The molecule has 0 aliphatic rings. The highest BCUT2D eigenvalue weighted by molar-refractivity contribution is 6.99. The monoisotopic (exact) mass is 597 g/mol. The Morgan fingerprint density at radius 1 is 0.762 bits per heavy atom. The molecule has 0 radical (unpaired) electrons. The largest absolute Gasteiger partial charge is 0.405 e. The number of hydrogen-bond donors (Lipinski definition) is 3. The SMILES string of the molecule is CCCCCCCCCCCCCC[C@@H](O)[C@@H](O)[C@H](CO[Si](c1ccccc1)(c1ccccc1)C(C)(C)C)NC(C)=O. The second-order valence-corrected chi connectivity index (χ2v) is 17.3. The van der Waals surface area contributed by atoms with Crippen molar-refractivity contribution in [2.45, 2.75) is 141 Å². The molecule has 0 saturated heterocycles. The van der Waals surface area contributed by atoms with E-state index < -0.39 is 26.6 Å². The average molecular weight is 598 g/mol. The highest BCUT2D eigenvalue weighted by Gasteiger charge is 2.50. The van der Waals surface area contributed by atoms with Crippen LogP contribution < -0.4 is 15.7 Å². The maximum Gasteiger partial charge on any atom is 0.261 e. The van der Waals surface area contributed by atoms with Gasteiger partial charge in [-0.05, 0) is 21.8 Å². The predicted molar refractivity (Wildman–Crippen MR) is 179 cm³/mol. The van der Waals surface area contributed by atoms with Crippen molar-refractivity contribution in [3.05, 3.63) is 60.7 Å². The van der Waals surface area contributed by atoms with E-state index in [1.165, 1.54) is 64.7 Å². The van der Waals surface area contributed by atoms with Crippen LogP contribution in [0.3, 0.4) is 0 Å². The summed E-state index contributed by atoms with van der Waals surface area (Å²) in [6.07, 6.45) is 13.5. The molecule has 0 aromatic heterocycles. The Hall–Kier alpha value is -1.99. The number of hydrogen-bond acceptors (Lipinski definition) is 4. The fraction of sp³-hybridized carbons (Fsp3) is 0.639. The Balaban J connectivity index is 1.98. The number of nitrogens with one attached hydrogen (secondary N) is 1. The average Bonchev–Trinajstić information content (AvgIpc) is 2.97. The van der Waals surface area contributed by atoms with Crippen LogP contribution in [-0.2, 0) is 9.22 Å². The van der Waals surface area contributed by atoms with Gasteiger partial charge in [-0.1, -0.05) is 165 Å². The van der Waals surface area contributed by atoms with Gasteiger partial charge in [-0.3, -0.25) is 4.79 Å². The Morgan fingerprint density at radius 2 is 1.19 bits per heavy atom. The van der Waals surface area contributed by atoms with Gasteiger partial charge in [0, 0.05) is 6.92 Å². The minimum Gasteiger partial charge on any atom is -0.405 e. The molecule has 0 fully saturated rings. The van der Waals surface area contributed by atoms with Crippen molar-refractivity contribution in [2.75, 3.05) is 6.61 Å². The standard InChI is InChI=1S/C36H59NO4Si/c1-6-7-8-9-10-11-12-13-14-15-16-23-28-34(39)35(40)33(37-30(2)38)29-41-42(36(3,4)5,31-24-19-17-20-25-31)32-26-21-18-22-27-32/h17-22,24-27,33-35,39-40H,6-16,23,28-29H2,1-5H3,(H,37,38)/t33-,34+,35-/m0/s1.